The van der Waals surface area contributed by atoms with Gasteiger partial charge in [-0.2, -0.15) is 0 Å². The lowest BCUT2D eigenvalue weighted by molar-refractivity contribution is -0.672. The minimum Gasteiger partial charge on any atom is -0.336 e. The summed E-state index contributed by atoms with van der Waals surface area (Å²) in [6, 6.07) is 12.1. The Morgan fingerprint density at radius 1 is 1.12 bits per heavy atom. The van der Waals surface area contributed by atoms with Crippen molar-refractivity contribution in [3.63, 3.8) is 0 Å². The molecule has 0 bridgehead atoms. The second-order valence-electron chi connectivity index (χ2n) is 5.92. The van der Waals surface area contributed by atoms with Gasteiger partial charge in [0.15, 0.2) is 11.8 Å². The number of hydrogen-bond donors (Lipinski definition) is 2. The highest BCUT2D eigenvalue weighted by molar-refractivity contribution is 6.35. The third-order valence-electron chi connectivity index (χ3n) is 3.92. The molecule has 132 valence electrons. The highest BCUT2D eigenvalue weighted by Crippen LogP contribution is 2.20. The molecule has 0 saturated carbocycles. The van der Waals surface area contributed by atoms with Crippen molar-refractivity contribution in [1.82, 2.24) is 0 Å². The first-order chi connectivity index (χ1) is 11.9. The van der Waals surface area contributed by atoms with E-state index in [0.29, 0.717) is 21.3 Å². The lowest BCUT2D eigenvalue weighted by Crippen LogP contribution is -2.92. The number of benzene rings is 2. The van der Waals surface area contributed by atoms with E-state index in [9.17, 15) is 9.59 Å². The largest absolute Gasteiger partial charge is 0.336 e. The molecule has 0 aromatic heterocycles. The van der Waals surface area contributed by atoms with Gasteiger partial charge < -0.3 is 10.6 Å². The molecule has 0 aliphatic rings. The standard InChI is InChI=1S/C19H20Cl2N2O2/c1-12(22-10-9-15-3-6-16(20)11-18(15)21)19(25)23-17-7-4-14(5-8-17)13(2)24/h3-8,11-12,22H,9-10H2,1-2H3,(H,23,25)/p+1/t12-/m1/s1. The van der Waals surface area contributed by atoms with Gasteiger partial charge in [0.05, 0.1) is 6.54 Å². The summed E-state index contributed by atoms with van der Waals surface area (Å²) < 4.78 is 0. The molecule has 3 N–H and O–H groups in total. The lowest BCUT2D eigenvalue weighted by Gasteiger charge is -2.12. The fourth-order valence-corrected chi connectivity index (χ4v) is 2.87. The Morgan fingerprint density at radius 3 is 2.40 bits per heavy atom. The zero-order valence-electron chi connectivity index (χ0n) is 14.2. The molecule has 4 nitrogen and oxygen atoms in total. The maximum atomic E-state index is 12.2. The molecule has 2 rings (SSSR count). The Labute approximate surface area is 157 Å². The van der Waals surface area contributed by atoms with Crippen molar-refractivity contribution in [2.45, 2.75) is 26.3 Å². The predicted molar refractivity (Wildman–Crippen MR) is 101 cm³/mol. The molecule has 2 aromatic rings. The van der Waals surface area contributed by atoms with Gasteiger partial charge in [0.1, 0.15) is 0 Å². The van der Waals surface area contributed by atoms with Crippen LogP contribution in [0.25, 0.3) is 0 Å². The third-order valence-corrected chi connectivity index (χ3v) is 4.51. The van der Waals surface area contributed by atoms with Crippen molar-refractivity contribution in [1.29, 1.82) is 0 Å². The smallest absolute Gasteiger partial charge is 0.282 e. The molecule has 1 atom stereocenters. The number of halogens is 2. The second kappa shape index (κ2) is 8.99. The van der Waals surface area contributed by atoms with Gasteiger partial charge in [-0.3, -0.25) is 9.59 Å². The normalized spacial score (nSPS) is 11.8. The Bertz CT molecular complexity index is 761. The molecule has 0 heterocycles. The first kappa shape index (κ1) is 19.4. The van der Waals surface area contributed by atoms with Crippen LogP contribution in [0.3, 0.4) is 0 Å². The first-order valence-electron chi connectivity index (χ1n) is 8.06. The van der Waals surface area contributed by atoms with Gasteiger partial charge in [-0.25, -0.2) is 0 Å². The molecule has 25 heavy (non-hydrogen) atoms. The number of nitrogens with two attached hydrogens (primary N) is 1. The number of rotatable bonds is 7. The number of ketones is 1. The number of carbonyl (C=O) groups is 2. The van der Waals surface area contributed by atoms with E-state index in [2.05, 4.69) is 5.32 Å². The molecular weight excluding hydrogens is 359 g/mol. The number of hydrogen-bond acceptors (Lipinski definition) is 2. The minimum atomic E-state index is -0.237. The second-order valence-corrected chi connectivity index (χ2v) is 6.77. The lowest BCUT2D eigenvalue weighted by atomic mass is 10.1. The molecule has 2 aromatic carbocycles. The molecule has 0 aliphatic heterocycles. The number of Topliss-reactive ketones (excluding diaryl/α,β-unsaturated/α-hetero) is 1. The van der Waals surface area contributed by atoms with E-state index >= 15 is 0 Å². The van der Waals surface area contributed by atoms with Crippen LogP contribution < -0.4 is 10.6 Å². The molecule has 0 aliphatic carbocycles. The summed E-state index contributed by atoms with van der Waals surface area (Å²) in [6.07, 6.45) is 0.751. The SMILES string of the molecule is CC(=O)c1ccc(NC(=O)[C@@H](C)[NH2+]CCc2ccc(Cl)cc2Cl)cc1. The number of anilines is 1. The van der Waals surface area contributed by atoms with Crippen LogP contribution in [0.2, 0.25) is 10.0 Å². The van der Waals surface area contributed by atoms with Gasteiger partial charge in [0.2, 0.25) is 0 Å². The number of nitrogens with one attached hydrogen (secondary N) is 1. The number of amides is 1. The Hall–Kier alpha value is -1.88. The molecule has 6 heteroatoms. The fourth-order valence-electron chi connectivity index (χ4n) is 2.36. The molecule has 0 unspecified atom stereocenters. The zero-order chi connectivity index (χ0) is 18.4. The average Bonchev–Trinajstić information content (AvgIpc) is 2.57. The number of quaternary nitrogens is 1. The Balaban J connectivity index is 1.82. The van der Waals surface area contributed by atoms with Crippen LogP contribution in [0.4, 0.5) is 5.69 Å². The molecular formula is C19H21Cl2N2O2+. The maximum absolute atomic E-state index is 12.2. The van der Waals surface area contributed by atoms with Crippen LogP contribution in [0.5, 0.6) is 0 Å². The van der Waals surface area contributed by atoms with E-state index in [1.54, 1.807) is 30.3 Å². The van der Waals surface area contributed by atoms with E-state index in [1.807, 2.05) is 24.4 Å². The van der Waals surface area contributed by atoms with Crippen LogP contribution in [0.15, 0.2) is 42.5 Å². The minimum absolute atomic E-state index is 0.000406. The average molecular weight is 380 g/mol. The van der Waals surface area contributed by atoms with Gasteiger partial charge >= 0.3 is 0 Å². The summed E-state index contributed by atoms with van der Waals surface area (Å²) in [5.41, 5.74) is 2.31. The maximum Gasteiger partial charge on any atom is 0.282 e. The van der Waals surface area contributed by atoms with Crippen molar-refractivity contribution in [2.75, 3.05) is 11.9 Å². The van der Waals surface area contributed by atoms with Crippen LogP contribution in [-0.4, -0.2) is 24.3 Å². The Morgan fingerprint density at radius 2 is 1.80 bits per heavy atom. The van der Waals surface area contributed by atoms with E-state index in [0.717, 1.165) is 18.5 Å². The van der Waals surface area contributed by atoms with Gasteiger partial charge in [0, 0.05) is 27.7 Å². The zero-order valence-corrected chi connectivity index (χ0v) is 15.7. The van der Waals surface area contributed by atoms with Crippen LogP contribution in [0, 0.1) is 0 Å². The first-order valence-corrected chi connectivity index (χ1v) is 8.81. The molecule has 0 radical (unpaired) electrons. The van der Waals surface area contributed by atoms with Gasteiger partial charge in [-0.15, -0.1) is 0 Å². The van der Waals surface area contributed by atoms with Crippen molar-refractivity contribution in [3.8, 4) is 0 Å². The fraction of sp³-hybridized carbons (Fsp3) is 0.263. The topological polar surface area (TPSA) is 62.8 Å². The van der Waals surface area contributed by atoms with Gasteiger partial charge in [0.25, 0.3) is 5.91 Å². The van der Waals surface area contributed by atoms with Gasteiger partial charge in [-0.05, 0) is 55.8 Å². The van der Waals surface area contributed by atoms with Crippen molar-refractivity contribution in [3.05, 3.63) is 63.6 Å². The molecule has 0 spiro atoms. The Kier molecular flexibility index (Phi) is 7.00. The summed E-state index contributed by atoms with van der Waals surface area (Å²) in [7, 11) is 0. The van der Waals surface area contributed by atoms with Crippen molar-refractivity contribution >= 4 is 40.6 Å². The van der Waals surface area contributed by atoms with E-state index in [4.69, 9.17) is 23.2 Å². The highest BCUT2D eigenvalue weighted by atomic mass is 35.5. The van der Waals surface area contributed by atoms with E-state index < -0.39 is 0 Å². The summed E-state index contributed by atoms with van der Waals surface area (Å²) in [5, 5.41) is 6.07. The third kappa shape index (κ3) is 5.85. The quantitative estimate of drug-likeness (QED) is 0.724. The predicted octanol–water partition coefficient (Wildman–Crippen LogP) is 3.33. The van der Waals surface area contributed by atoms with E-state index in [-0.39, 0.29) is 17.7 Å². The summed E-state index contributed by atoms with van der Waals surface area (Å²) in [5.74, 6) is -0.0850. The number of carbonyl (C=O) groups excluding carboxylic acids is 2. The highest BCUT2D eigenvalue weighted by Gasteiger charge is 2.16. The molecule has 1 amide bonds. The van der Waals surface area contributed by atoms with Crippen LogP contribution >= 0.6 is 23.2 Å². The molecule has 0 saturated heterocycles. The van der Waals surface area contributed by atoms with Gasteiger partial charge in [-0.1, -0.05) is 29.3 Å². The summed E-state index contributed by atoms with van der Waals surface area (Å²) >= 11 is 12.0. The van der Waals surface area contributed by atoms with Crippen LogP contribution in [-0.2, 0) is 11.2 Å². The van der Waals surface area contributed by atoms with E-state index in [1.165, 1.54) is 6.92 Å². The van der Waals surface area contributed by atoms with Crippen molar-refractivity contribution in [2.24, 2.45) is 0 Å². The summed E-state index contributed by atoms with van der Waals surface area (Å²) in [4.78, 5) is 23.5. The van der Waals surface area contributed by atoms with Crippen LogP contribution in [0.1, 0.15) is 29.8 Å². The van der Waals surface area contributed by atoms with Crippen molar-refractivity contribution < 1.29 is 14.9 Å². The molecule has 0 fully saturated rings. The summed E-state index contributed by atoms with van der Waals surface area (Å²) in [6.45, 7) is 4.10. The monoisotopic (exact) mass is 379 g/mol.